The fraction of sp³-hybridized carbons (Fsp3) is 0.0714. The SMILES string of the molecule is O=Cc1nnn(-c2ccccc2F)c1Cc1cccs1. The van der Waals surface area contributed by atoms with Gasteiger partial charge in [-0.3, -0.25) is 4.79 Å². The number of para-hydroxylation sites is 1. The quantitative estimate of drug-likeness (QED) is 0.693. The van der Waals surface area contributed by atoms with Gasteiger partial charge in [-0.1, -0.05) is 23.4 Å². The van der Waals surface area contributed by atoms with E-state index in [1.807, 2.05) is 17.5 Å². The van der Waals surface area contributed by atoms with E-state index < -0.39 is 5.82 Å². The Kier molecular flexibility index (Phi) is 3.39. The molecule has 4 nitrogen and oxygen atoms in total. The molecule has 0 aliphatic rings. The van der Waals surface area contributed by atoms with Crippen LogP contribution in [0.15, 0.2) is 41.8 Å². The normalized spacial score (nSPS) is 10.7. The van der Waals surface area contributed by atoms with Crippen molar-refractivity contribution < 1.29 is 9.18 Å². The number of carbonyl (C=O) groups is 1. The first-order valence-corrected chi connectivity index (χ1v) is 6.84. The number of nitrogens with zero attached hydrogens (tertiary/aromatic N) is 3. The zero-order chi connectivity index (χ0) is 13.9. The molecule has 2 heterocycles. The van der Waals surface area contributed by atoms with Crippen LogP contribution in [0.2, 0.25) is 0 Å². The minimum atomic E-state index is -0.401. The molecule has 0 N–H and O–H groups in total. The molecule has 6 heteroatoms. The maximum atomic E-state index is 13.9. The van der Waals surface area contributed by atoms with Crippen LogP contribution >= 0.6 is 11.3 Å². The average molecular weight is 287 g/mol. The molecule has 0 unspecified atom stereocenters. The molecule has 0 fully saturated rings. The maximum absolute atomic E-state index is 13.9. The van der Waals surface area contributed by atoms with E-state index >= 15 is 0 Å². The van der Waals surface area contributed by atoms with Crippen LogP contribution in [0.4, 0.5) is 4.39 Å². The zero-order valence-corrected chi connectivity index (χ0v) is 11.2. The summed E-state index contributed by atoms with van der Waals surface area (Å²) in [6.07, 6.45) is 1.14. The van der Waals surface area contributed by atoms with Gasteiger partial charge in [0.2, 0.25) is 0 Å². The van der Waals surface area contributed by atoms with E-state index in [2.05, 4.69) is 10.3 Å². The molecule has 20 heavy (non-hydrogen) atoms. The lowest BCUT2D eigenvalue weighted by Gasteiger charge is -2.06. The van der Waals surface area contributed by atoms with Gasteiger partial charge < -0.3 is 0 Å². The van der Waals surface area contributed by atoms with Crippen molar-refractivity contribution in [3.8, 4) is 5.69 Å². The molecular formula is C14H10FN3OS. The van der Waals surface area contributed by atoms with Crippen molar-refractivity contribution in [2.24, 2.45) is 0 Å². The lowest BCUT2D eigenvalue weighted by Crippen LogP contribution is -2.06. The first-order valence-electron chi connectivity index (χ1n) is 5.96. The standard InChI is InChI=1S/C14H10FN3OS/c15-11-5-1-2-6-13(11)18-14(12(9-19)16-17-18)8-10-4-3-7-20-10/h1-7,9H,8H2. The summed E-state index contributed by atoms with van der Waals surface area (Å²) in [6.45, 7) is 0. The zero-order valence-electron chi connectivity index (χ0n) is 10.4. The second-order valence-corrected chi connectivity index (χ2v) is 5.19. The Morgan fingerprint density at radius 2 is 2.10 bits per heavy atom. The Balaban J connectivity index is 2.10. The van der Waals surface area contributed by atoms with Crippen LogP contribution < -0.4 is 0 Å². The second-order valence-electron chi connectivity index (χ2n) is 4.16. The molecule has 0 aliphatic heterocycles. The monoisotopic (exact) mass is 287 g/mol. The largest absolute Gasteiger partial charge is 0.296 e. The van der Waals surface area contributed by atoms with E-state index in [0.29, 0.717) is 24.1 Å². The van der Waals surface area contributed by atoms with Crippen LogP contribution in [-0.2, 0) is 6.42 Å². The number of benzene rings is 1. The fourth-order valence-corrected chi connectivity index (χ4v) is 2.67. The van der Waals surface area contributed by atoms with Crippen LogP contribution in [0.5, 0.6) is 0 Å². The third kappa shape index (κ3) is 2.25. The first kappa shape index (κ1) is 12.7. The van der Waals surface area contributed by atoms with Crippen LogP contribution in [-0.4, -0.2) is 21.3 Å². The number of halogens is 1. The van der Waals surface area contributed by atoms with E-state index in [1.54, 1.807) is 29.5 Å². The van der Waals surface area contributed by atoms with Crippen LogP contribution in [0.3, 0.4) is 0 Å². The molecule has 1 aromatic carbocycles. The molecule has 0 saturated heterocycles. The Morgan fingerprint density at radius 1 is 1.25 bits per heavy atom. The summed E-state index contributed by atoms with van der Waals surface area (Å²) in [4.78, 5) is 12.1. The molecule has 0 spiro atoms. The molecule has 0 saturated carbocycles. The first-order chi connectivity index (χ1) is 9.79. The van der Waals surface area contributed by atoms with Gasteiger partial charge in [-0.2, -0.15) is 0 Å². The van der Waals surface area contributed by atoms with Gasteiger partial charge in [0.15, 0.2) is 6.29 Å². The third-order valence-corrected chi connectivity index (χ3v) is 3.78. The number of carbonyl (C=O) groups excluding carboxylic acids is 1. The van der Waals surface area contributed by atoms with Crippen molar-refractivity contribution in [2.75, 3.05) is 0 Å². The number of aldehydes is 1. The highest BCUT2D eigenvalue weighted by Gasteiger charge is 2.16. The maximum Gasteiger partial charge on any atom is 0.172 e. The highest BCUT2D eigenvalue weighted by molar-refractivity contribution is 7.09. The summed E-state index contributed by atoms with van der Waals surface area (Å²) >= 11 is 1.57. The Bertz CT molecular complexity index is 737. The lowest BCUT2D eigenvalue weighted by molar-refractivity contribution is 0.111. The van der Waals surface area contributed by atoms with Crippen LogP contribution in [0.25, 0.3) is 5.69 Å². The molecule has 3 aromatic rings. The summed E-state index contributed by atoms with van der Waals surface area (Å²) < 4.78 is 15.3. The van der Waals surface area contributed by atoms with E-state index in [4.69, 9.17) is 0 Å². The van der Waals surface area contributed by atoms with Gasteiger partial charge in [-0.25, -0.2) is 9.07 Å². The molecule has 0 atom stereocenters. The predicted octanol–water partition coefficient (Wildman–Crippen LogP) is 2.87. The summed E-state index contributed by atoms with van der Waals surface area (Å²) in [5.74, 6) is -0.401. The van der Waals surface area contributed by atoms with Crippen LogP contribution in [0, 0.1) is 5.82 Å². The molecule has 0 radical (unpaired) electrons. The number of rotatable bonds is 4. The minimum absolute atomic E-state index is 0.238. The molecule has 2 aromatic heterocycles. The Morgan fingerprint density at radius 3 is 2.80 bits per heavy atom. The highest BCUT2D eigenvalue weighted by atomic mass is 32.1. The predicted molar refractivity (Wildman–Crippen MR) is 73.8 cm³/mol. The van der Waals surface area contributed by atoms with E-state index in [9.17, 15) is 9.18 Å². The number of aromatic nitrogens is 3. The third-order valence-electron chi connectivity index (χ3n) is 2.91. The summed E-state index contributed by atoms with van der Waals surface area (Å²) in [5, 5.41) is 9.67. The van der Waals surface area contributed by atoms with E-state index in [1.165, 1.54) is 10.7 Å². The van der Waals surface area contributed by atoms with Gasteiger partial charge in [0.25, 0.3) is 0 Å². The van der Waals surface area contributed by atoms with E-state index in [-0.39, 0.29) is 5.69 Å². The molecular weight excluding hydrogens is 277 g/mol. The lowest BCUT2D eigenvalue weighted by atomic mass is 10.2. The summed E-state index contributed by atoms with van der Waals surface area (Å²) in [7, 11) is 0. The number of hydrogen-bond donors (Lipinski definition) is 0. The summed E-state index contributed by atoms with van der Waals surface area (Å²) in [6, 6.07) is 10.2. The van der Waals surface area contributed by atoms with Gasteiger partial charge >= 0.3 is 0 Å². The van der Waals surface area contributed by atoms with Crippen molar-refractivity contribution in [1.82, 2.24) is 15.0 Å². The Hall–Kier alpha value is -2.34. The highest BCUT2D eigenvalue weighted by Crippen LogP contribution is 2.20. The van der Waals surface area contributed by atoms with Gasteiger partial charge in [-0.05, 0) is 23.6 Å². The number of hydrogen-bond acceptors (Lipinski definition) is 4. The van der Waals surface area contributed by atoms with Gasteiger partial charge in [0.1, 0.15) is 17.2 Å². The minimum Gasteiger partial charge on any atom is -0.296 e. The van der Waals surface area contributed by atoms with Crippen LogP contribution in [0.1, 0.15) is 21.1 Å². The second kappa shape index (κ2) is 5.34. The smallest absolute Gasteiger partial charge is 0.172 e. The Labute approximate surface area is 118 Å². The van der Waals surface area contributed by atoms with E-state index in [0.717, 1.165) is 4.88 Å². The molecule has 3 rings (SSSR count). The van der Waals surface area contributed by atoms with Gasteiger partial charge in [-0.15, -0.1) is 16.4 Å². The average Bonchev–Trinajstić information content (AvgIpc) is 3.10. The number of thiophene rings is 1. The van der Waals surface area contributed by atoms with Gasteiger partial charge in [0, 0.05) is 11.3 Å². The summed E-state index contributed by atoms with van der Waals surface area (Å²) in [5.41, 5.74) is 1.12. The molecule has 0 bridgehead atoms. The molecule has 100 valence electrons. The van der Waals surface area contributed by atoms with Crippen molar-refractivity contribution in [1.29, 1.82) is 0 Å². The van der Waals surface area contributed by atoms with Gasteiger partial charge in [0.05, 0.1) is 5.69 Å². The molecule has 0 aliphatic carbocycles. The van der Waals surface area contributed by atoms with Crippen molar-refractivity contribution in [3.63, 3.8) is 0 Å². The fourth-order valence-electron chi connectivity index (χ4n) is 1.97. The van der Waals surface area contributed by atoms with Crippen molar-refractivity contribution in [2.45, 2.75) is 6.42 Å². The van der Waals surface area contributed by atoms with Crippen molar-refractivity contribution in [3.05, 3.63) is 63.9 Å². The van der Waals surface area contributed by atoms with Crippen molar-refractivity contribution >= 4 is 17.6 Å². The topological polar surface area (TPSA) is 47.8 Å². The molecule has 0 amide bonds.